The minimum absolute atomic E-state index is 0.0525. The third-order valence-corrected chi connectivity index (χ3v) is 12.9. The van der Waals surface area contributed by atoms with Crippen LogP contribution in [-0.4, -0.2) is 90.1 Å². The van der Waals surface area contributed by atoms with Crippen molar-refractivity contribution in [2.75, 3.05) is 18.8 Å². The van der Waals surface area contributed by atoms with Gasteiger partial charge in [-0.05, 0) is 63.2 Å². The van der Waals surface area contributed by atoms with Crippen molar-refractivity contribution in [2.45, 2.75) is 123 Å². The van der Waals surface area contributed by atoms with E-state index < -0.39 is 73.2 Å². The second-order valence-electron chi connectivity index (χ2n) is 16.1. The molecule has 0 bridgehead atoms. The lowest BCUT2D eigenvalue weighted by Gasteiger charge is -2.41. The van der Waals surface area contributed by atoms with Gasteiger partial charge in [-0.3, -0.25) is 19.2 Å². The number of nitrogens with one attached hydrogen (secondary N) is 4. The maximum atomic E-state index is 14.3. The molecule has 260 valence electrons. The highest BCUT2D eigenvalue weighted by Crippen LogP contribution is 2.65. The summed E-state index contributed by atoms with van der Waals surface area (Å²) in [5.74, 6) is -2.92. The van der Waals surface area contributed by atoms with Crippen LogP contribution in [0, 0.1) is 22.7 Å². The molecule has 0 aromatic heterocycles. The van der Waals surface area contributed by atoms with Crippen LogP contribution in [0.2, 0.25) is 0 Å². The van der Waals surface area contributed by atoms with E-state index in [1.807, 2.05) is 34.6 Å². The first-order chi connectivity index (χ1) is 21.0. The van der Waals surface area contributed by atoms with E-state index in [1.165, 1.54) is 17.9 Å². The van der Waals surface area contributed by atoms with Gasteiger partial charge in [0.05, 0.1) is 22.1 Å². The van der Waals surface area contributed by atoms with Crippen LogP contribution < -0.4 is 21.3 Å². The highest BCUT2D eigenvalue weighted by Gasteiger charge is 2.70. The number of Topliss-reactive ketones (excluding diaryl/α,β-unsaturated/α-hetero) is 1. The number of hydrogen-bond donors (Lipinski definition) is 4. The molecule has 0 aromatic carbocycles. The van der Waals surface area contributed by atoms with E-state index in [-0.39, 0.29) is 29.5 Å². The lowest BCUT2D eigenvalue weighted by Crippen LogP contribution is -2.64. The van der Waals surface area contributed by atoms with E-state index in [1.54, 1.807) is 20.8 Å². The Hall–Kier alpha value is -2.96. The molecule has 3 aliphatic rings. The molecule has 1 aliphatic heterocycles. The number of ketones is 1. The minimum Gasteiger partial charge on any atom is -0.346 e. The SMILES string of the molecule is C=CCNC(=O)C(=O)[C@H](C)NC(=O)[C@@H]1[C@@H]2[C@H](CN1C(=O)[C@@H](NC(=O)NC1(CS(=O)(=O)C(C)(C)C)CCCCC1)C(C)(C)C)C2(C)C. The number of hydrogen-bond acceptors (Lipinski definition) is 7. The molecule has 12 nitrogen and oxygen atoms in total. The largest absolute Gasteiger partial charge is 0.346 e. The summed E-state index contributed by atoms with van der Waals surface area (Å²) in [6.07, 6.45) is 4.97. The summed E-state index contributed by atoms with van der Waals surface area (Å²) >= 11 is 0. The summed E-state index contributed by atoms with van der Waals surface area (Å²) in [7, 11) is -3.56. The molecule has 4 N–H and O–H groups in total. The molecule has 13 heteroatoms. The molecule has 3 rings (SSSR count). The number of likely N-dealkylation sites (tertiary alicyclic amines) is 1. The van der Waals surface area contributed by atoms with Gasteiger partial charge in [-0.1, -0.05) is 60.0 Å². The van der Waals surface area contributed by atoms with Gasteiger partial charge in [0.25, 0.3) is 5.91 Å². The maximum Gasteiger partial charge on any atom is 0.315 e. The summed E-state index contributed by atoms with van der Waals surface area (Å²) in [6.45, 7) is 19.8. The number of piperidine rings is 1. The lowest BCUT2D eigenvalue weighted by molar-refractivity contribution is -0.145. The van der Waals surface area contributed by atoms with Crippen molar-refractivity contribution in [2.24, 2.45) is 22.7 Å². The van der Waals surface area contributed by atoms with E-state index in [2.05, 4.69) is 27.8 Å². The Morgan fingerprint density at radius 1 is 0.978 bits per heavy atom. The van der Waals surface area contributed by atoms with Crippen LogP contribution in [-0.2, 0) is 29.0 Å². The van der Waals surface area contributed by atoms with E-state index in [0.717, 1.165) is 19.3 Å². The van der Waals surface area contributed by atoms with Crippen LogP contribution in [0.3, 0.4) is 0 Å². The zero-order chi connectivity index (χ0) is 35.0. The van der Waals surface area contributed by atoms with Gasteiger partial charge in [-0.25, -0.2) is 13.2 Å². The molecule has 5 amide bonds. The maximum absolute atomic E-state index is 14.3. The average Bonchev–Trinajstić information content (AvgIpc) is 3.25. The molecule has 1 heterocycles. The van der Waals surface area contributed by atoms with Crippen LogP contribution in [0.25, 0.3) is 0 Å². The quantitative estimate of drug-likeness (QED) is 0.194. The number of amides is 5. The summed E-state index contributed by atoms with van der Waals surface area (Å²) in [5, 5.41) is 10.9. The van der Waals surface area contributed by atoms with Crippen molar-refractivity contribution in [1.82, 2.24) is 26.2 Å². The minimum atomic E-state index is -3.56. The highest BCUT2D eigenvalue weighted by molar-refractivity contribution is 7.92. The first-order valence-electron chi connectivity index (χ1n) is 16.3. The van der Waals surface area contributed by atoms with Gasteiger partial charge in [-0.2, -0.15) is 0 Å². The van der Waals surface area contributed by atoms with Gasteiger partial charge in [0, 0.05) is 13.1 Å². The lowest BCUT2D eigenvalue weighted by atomic mass is 9.83. The predicted molar refractivity (Wildman–Crippen MR) is 176 cm³/mol. The first-order valence-corrected chi connectivity index (χ1v) is 18.0. The fourth-order valence-electron chi connectivity index (χ4n) is 6.96. The second kappa shape index (κ2) is 13.3. The average molecular weight is 666 g/mol. The predicted octanol–water partition coefficient (Wildman–Crippen LogP) is 2.48. The van der Waals surface area contributed by atoms with Crippen LogP contribution in [0.4, 0.5) is 4.79 Å². The third-order valence-electron chi connectivity index (χ3n) is 10.1. The van der Waals surface area contributed by atoms with Crippen molar-refractivity contribution < 1.29 is 32.4 Å². The molecule has 0 aromatic rings. The van der Waals surface area contributed by atoms with Gasteiger partial charge < -0.3 is 26.2 Å². The summed E-state index contributed by atoms with van der Waals surface area (Å²) < 4.78 is 25.5. The van der Waals surface area contributed by atoms with E-state index >= 15 is 0 Å². The number of sulfone groups is 1. The number of fused-ring (bicyclic) bond motifs is 1. The van der Waals surface area contributed by atoms with E-state index in [4.69, 9.17) is 0 Å². The number of carbonyl (C=O) groups is 5. The third kappa shape index (κ3) is 7.94. The first kappa shape index (κ1) is 37.5. The molecule has 0 radical (unpaired) electrons. The summed E-state index contributed by atoms with van der Waals surface area (Å²) in [5.41, 5.74) is -1.93. The Morgan fingerprint density at radius 3 is 2.09 bits per heavy atom. The van der Waals surface area contributed by atoms with Gasteiger partial charge in [0.2, 0.25) is 17.6 Å². The Morgan fingerprint density at radius 2 is 1.57 bits per heavy atom. The van der Waals surface area contributed by atoms with Crippen LogP contribution >= 0.6 is 0 Å². The summed E-state index contributed by atoms with van der Waals surface area (Å²) in [6, 6.07) is -3.68. The Labute approximate surface area is 274 Å². The van der Waals surface area contributed by atoms with Gasteiger partial charge >= 0.3 is 6.03 Å². The number of rotatable bonds is 11. The molecular formula is C33H55N5O7S. The Kier molecular flexibility index (Phi) is 10.8. The van der Waals surface area contributed by atoms with Crippen LogP contribution in [0.5, 0.6) is 0 Å². The highest BCUT2D eigenvalue weighted by atomic mass is 32.2. The zero-order valence-corrected chi connectivity index (χ0v) is 29.9. The molecule has 1 saturated heterocycles. The van der Waals surface area contributed by atoms with Crippen molar-refractivity contribution in [3.8, 4) is 0 Å². The Balaban J connectivity index is 1.82. The van der Waals surface area contributed by atoms with Crippen LogP contribution in [0.1, 0.15) is 94.4 Å². The molecule has 0 unspecified atom stereocenters. The smallest absolute Gasteiger partial charge is 0.315 e. The van der Waals surface area contributed by atoms with Crippen molar-refractivity contribution in [3.05, 3.63) is 12.7 Å². The molecule has 0 spiro atoms. The standard InChI is InChI=1S/C33H55N5O7S/c1-11-17-34-27(41)24(39)20(2)35-26(40)23-22-21(32(22,9)10)18-38(23)28(42)25(30(3,4)5)36-29(43)37-33(15-13-12-14-16-33)19-46(44,45)31(6,7)8/h11,20-23,25H,1,12-19H2,2-10H3,(H,34,41)(H,35,40)(H2,36,37,43)/t20-,21-,22-,23-,25+/m0/s1. The van der Waals surface area contributed by atoms with E-state index in [9.17, 15) is 32.4 Å². The molecule has 3 fully saturated rings. The van der Waals surface area contributed by atoms with Gasteiger partial charge in [-0.15, -0.1) is 6.58 Å². The van der Waals surface area contributed by atoms with Crippen LogP contribution in [0.15, 0.2) is 12.7 Å². The molecule has 2 saturated carbocycles. The number of nitrogens with zero attached hydrogens (tertiary/aromatic N) is 1. The molecule has 46 heavy (non-hydrogen) atoms. The van der Waals surface area contributed by atoms with Crippen molar-refractivity contribution in [3.63, 3.8) is 0 Å². The normalized spacial score (nSPS) is 24.9. The van der Waals surface area contributed by atoms with Crippen molar-refractivity contribution in [1.29, 1.82) is 0 Å². The van der Waals surface area contributed by atoms with Gasteiger partial charge in [0.1, 0.15) is 12.1 Å². The molecule has 5 atom stereocenters. The molecule has 2 aliphatic carbocycles. The monoisotopic (exact) mass is 665 g/mol. The van der Waals surface area contributed by atoms with Gasteiger partial charge in [0.15, 0.2) is 9.84 Å². The summed E-state index contributed by atoms with van der Waals surface area (Å²) in [4.78, 5) is 67.8. The Bertz CT molecular complexity index is 1340. The van der Waals surface area contributed by atoms with E-state index in [0.29, 0.717) is 19.4 Å². The topological polar surface area (TPSA) is 171 Å². The molecular weight excluding hydrogens is 610 g/mol. The van der Waals surface area contributed by atoms with Crippen molar-refractivity contribution >= 4 is 39.4 Å². The zero-order valence-electron chi connectivity index (χ0n) is 29.0. The second-order valence-corrected chi connectivity index (χ2v) is 18.8. The fraction of sp³-hybridized carbons (Fsp3) is 0.788. The fourth-order valence-corrected chi connectivity index (χ4v) is 8.48. The number of urea groups is 1. The number of carbonyl (C=O) groups excluding carboxylic acids is 5.